The summed E-state index contributed by atoms with van der Waals surface area (Å²) in [5, 5.41) is 13.9. The van der Waals surface area contributed by atoms with E-state index in [0.29, 0.717) is 12.2 Å². The molecule has 0 radical (unpaired) electrons. The Bertz CT molecular complexity index is 402. The van der Waals surface area contributed by atoms with Gasteiger partial charge in [0.2, 0.25) is 0 Å². The number of anilines is 1. The molecule has 0 bridgehead atoms. The molecule has 1 unspecified atom stereocenters. The van der Waals surface area contributed by atoms with Gasteiger partial charge in [0, 0.05) is 19.2 Å². The van der Waals surface area contributed by atoms with Crippen LogP contribution in [0.2, 0.25) is 0 Å². The van der Waals surface area contributed by atoms with Crippen LogP contribution >= 0.6 is 0 Å². The van der Waals surface area contributed by atoms with Gasteiger partial charge in [-0.15, -0.1) is 0 Å². The minimum Gasteiger partial charge on any atom is -0.377 e. The first kappa shape index (κ1) is 10.9. The highest BCUT2D eigenvalue weighted by molar-refractivity contribution is 5.62. The van der Waals surface area contributed by atoms with Crippen molar-refractivity contribution in [3.8, 4) is 0 Å². The molecule has 1 aliphatic heterocycles. The summed E-state index contributed by atoms with van der Waals surface area (Å²) in [4.78, 5) is 10.4. The molecule has 1 heterocycles. The number of hydrogen-bond acceptors (Lipinski definition) is 4. The van der Waals surface area contributed by atoms with Gasteiger partial charge in [-0.3, -0.25) is 10.1 Å². The first-order valence-electron chi connectivity index (χ1n) is 5.27. The van der Waals surface area contributed by atoms with Gasteiger partial charge in [0.1, 0.15) is 5.69 Å². The summed E-state index contributed by atoms with van der Waals surface area (Å²) in [5.74, 6) is 0. The third-order valence-corrected chi connectivity index (χ3v) is 2.66. The van der Waals surface area contributed by atoms with E-state index in [-0.39, 0.29) is 16.7 Å². The maximum absolute atomic E-state index is 10.8. The van der Waals surface area contributed by atoms with Crippen LogP contribution in [0, 0.1) is 17.0 Å². The molecule has 0 spiro atoms. The molecular weight excluding hydrogens is 208 g/mol. The number of nitrogens with one attached hydrogen (secondary N) is 1. The van der Waals surface area contributed by atoms with Crippen LogP contribution in [-0.4, -0.2) is 24.2 Å². The lowest BCUT2D eigenvalue weighted by molar-refractivity contribution is -0.384. The second-order valence-corrected chi connectivity index (χ2v) is 3.94. The molecule has 5 nitrogen and oxygen atoms in total. The van der Waals surface area contributed by atoms with Gasteiger partial charge < -0.3 is 10.1 Å². The quantitative estimate of drug-likeness (QED) is 0.626. The number of hydrogen-bond donors (Lipinski definition) is 1. The fourth-order valence-electron chi connectivity index (χ4n) is 1.62. The maximum Gasteiger partial charge on any atom is 0.292 e. The van der Waals surface area contributed by atoms with Crippen molar-refractivity contribution >= 4 is 11.4 Å². The van der Waals surface area contributed by atoms with Gasteiger partial charge in [-0.1, -0.05) is 6.07 Å². The van der Waals surface area contributed by atoms with Gasteiger partial charge in [0.15, 0.2) is 0 Å². The summed E-state index contributed by atoms with van der Waals surface area (Å²) in [6.45, 7) is 3.33. The van der Waals surface area contributed by atoms with Crippen molar-refractivity contribution < 1.29 is 9.66 Å². The van der Waals surface area contributed by atoms with Gasteiger partial charge in [-0.25, -0.2) is 0 Å². The van der Waals surface area contributed by atoms with Crippen molar-refractivity contribution in [1.29, 1.82) is 0 Å². The van der Waals surface area contributed by atoms with Gasteiger partial charge in [-0.2, -0.15) is 0 Å². The van der Waals surface area contributed by atoms with Crippen molar-refractivity contribution in [2.75, 3.05) is 18.5 Å². The molecule has 16 heavy (non-hydrogen) atoms. The van der Waals surface area contributed by atoms with Crippen molar-refractivity contribution in [2.45, 2.75) is 19.4 Å². The molecule has 0 aliphatic carbocycles. The Morgan fingerprint density at radius 3 is 2.94 bits per heavy atom. The summed E-state index contributed by atoms with van der Waals surface area (Å²) in [7, 11) is 0. The summed E-state index contributed by atoms with van der Waals surface area (Å²) in [6.07, 6.45) is 1.22. The summed E-state index contributed by atoms with van der Waals surface area (Å²) >= 11 is 0. The predicted molar refractivity (Wildman–Crippen MR) is 60.7 cm³/mol. The van der Waals surface area contributed by atoms with Crippen LogP contribution in [-0.2, 0) is 4.74 Å². The molecule has 86 valence electrons. The number of aryl methyl sites for hydroxylation is 1. The summed E-state index contributed by atoms with van der Waals surface area (Å²) in [5.41, 5.74) is 1.69. The van der Waals surface area contributed by atoms with Crippen LogP contribution < -0.4 is 5.32 Å². The molecule has 0 amide bonds. The van der Waals surface area contributed by atoms with Crippen LogP contribution in [0.5, 0.6) is 0 Å². The van der Waals surface area contributed by atoms with Crippen LogP contribution in [0.15, 0.2) is 18.2 Å². The monoisotopic (exact) mass is 222 g/mol. The number of nitrogens with zero attached hydrogens (tertiary/aromatic N) is 1. The van der Waals surface area contributed by atoms with Crippen LogP contribution in [0.1, 0.15) is 12.0 Å². The predicted octanol–water partition coefficient (Wildman–Crippen LogP) is 2.10. The first-order valence-corrected chi connectivity index (χ1v) is 5.27. The zero-order valence-corrected chi connectivity index (χ0v) is 9.10. The molecular formula is C11H14N2O3. The van der Waals surface area contributed by atoms with E-state index in [0.717, 1.165) is 18.6 Å². The van der Waals surface area contributed by atoms with E-state index in [1.807, 2.05) is 6.92 Å². The Hall–Kier alpha value is -1.62. The molecule has 1 aromatic carbocycles. The number of nitro benzene ring substituents is 1. The van der Waals surface area contributed by atoms with E-state index in [9.17, 15) is 10.1 Å². The number of ether oxygens (including phenoxy) is 1. The van der Waals surface area contributed by atoms with Gasteiger partial charge in [0.25, 0.3) is 5.69 Å². The number of rotatable bonds is 4. The average molecular weight is 222 g/mol. The van der Waals surface area contributed by atoms with E-state index < -0.39 is 0 Å². The van der Waals surface area contributed by atoms with Crippen molar-refractivity contribution in [2.24, 2.45) is 0 Å². The van der Waals surface area contributed by atoms with Crippen LogP contribution in [0.4, 0.5) is 11.4 Å². The molecule has 1 fully saturated rings. The zero-order chi connectivity index (χ0) is 11.5. The third kappa shape index (κ3) is 2.30. The molecule has 5 heteroatoms. The standard InChI is InChI=1S/C11H14N2O3/c1-8-2-3-11(13(14)15)10(6-8)12-7-9-4-5-16-9/h2-3,6,9,12H,4-5,7H2,1H3. The Labute approximate surface area is 93.6 Å². The first-order chi connectivity index (χ1) is 7.66. The Kier molecular flexibility index (Phi) is 3.05. The molecule has 1 aliphatic rings. The van der Waals surface area contributed by atoms with E-state index in [4.69, 9.17) is 4.74 Å². The maximum atomic E-state index is 10.8. The normalized spacial score (nSPS) is 18.9. The van der Waals surface area contributed by atoms with Crippen molar-refractivity contribution in [1.82, 2.24) is 0 Å². The largest absolute Gasteiger partial charge is 0.377 e. The fraction of sp³-hybridized carbons (Fsp3) is 0.455. The summed E-state index contributed by atoms with van der Waals surface area (Å²) < 4.78 is 5.25. The Morgan fingerprint density at radius 2 is 2.38 bits per heavy atom. The number of benzene rings is 1. The van der Waals surface area contributed by atoms with Gasteiger partial charge in [-0.05, 0) is 25.0 Å². The lowest BCUT2D eigenvalue weighted by atomic mass is 10.1. The summed E-state index contributed by atoms with van der Waals surface area (Å²) in [6, 6.07) is 5.05. The number of nitro groups is 1. The van der Waals surface area contributed by atoms with Gasteiger partial charge in [0.05, 0.1) is 11.0 Å². The molecule has 1 atom stereocenters. The van der Waals surface area contributed by atoms with Gasteiger partial charge >= 0.3 is 0 Å². The third-order valence-electron chi connectivity index (χ3n) is 2.66. The lowest BCUT2D eigenvalue weighted by Gasteiger charge is -2.26. The highest BCUT2D eigenvalue weighted by atomic mass is 16.6. The Morgan fingerprint density at radius 1 is 1.62 bits per heavy atom. The molecule has 1 N–H and O–H groups in total. The van der Waals surface area contributed by atoms with Crippen LogP contribution in [0.25, 0.3) is 0 Å². The smallest absolute Gasteiger partial charge is 0.292 e. The van der Waals surface area contributed by atoms with E-state index in [1.54, 1.807) is 12.1 Å². The highest BCUT2D eigenvalue weighted by Gasteiger charge is 2.19. The topological polar surface area (TPSA) is 64.4 Å². The van der Waals surface area contributed by atoms with Crippen LogP contribution in [0.3, 0.4) is 0 Å². The molecule has 1 saturated heterocycles. The SMILES string of the molecule is Cc1ccc([N+](=O)[O-])c(NCC2CCO2)c1. The molecule has 0 saturated carbocycles. The average Bonchev–Trinajstić information content (AvgIpc) is 2.14. The van der Waals surface area contributed by atoms with Crippen molar-refractivity contribution in [3.05, 3.63) is 33.9 Å². The van der Waals surface area contributed by atoms with E-state index >= 15 is 0 Å². The lowest BCUT2D eigenvalue weighted by Crippen LogP contribution is -2.33. The Balaban J connectivity index is 2.09. The molecule has 0 aromatic heterocycles. The minimum absolute atomic E-state index is 0.116. The van der Waals surface area contributed by atoms with E-state index in [1.165, 1.54) is 6.07 Å². The zero-order valence-electron chi connectivity index (χ0n) is 9.10. The minimum atomic E-state index is -0.372. The molecule has 1 aromatic rings. The fourth-order valence-corrected chi connectivity index (χ4v) is 1.62. The second-order valence-electron chi connectivity index (χ2n) is 3.94. The molecule has 2 rings (SSSR count). The van der Waals surface area contributed by atoms with E-state index in [2.05, 4.69) is 5.32 Å². The second kappa shape index (κ2) is 4.49. The highest BCUT2D eigenvalue weighted by Crippen LogP contribution is 2.25. The van der Waals surface area contributed by atoms with Crippen molar-refractivity contribution in [3.63, 3.8) is 0 Å².